The molecule has 2 heterocycles. The van der Waals surface area contributed by atoms with Gasteiger partial charge in [-0.15, -0.1) is 24.8 Å². The molecular weight excluding hydrogens is 211 g/mol. The lowest BCUT2D eigenvalue weighted by atomic mass is 10.3. The number of rotatable bonds is 1. The van der Waals surface area contributed by atoms with E-state index in [1.807, 2.05) is 12.4 Å². The molecule has 1 saturated heterocycles. The van der Waals surface area contributed by atoms with Crippen LogP contribution in [-0.4, -0.2) is 36.4 Å². The minimum atomic E-state index is 0. The Bertz CT molecular complexity index is 208. The van der Waals surface area contributed by atoms with Crippen LogP contribution in [0.25, 0.3) is 0 Å². The normalized spacial score (nSPS) is 15.8. The fourth-order valence-electron chi connectivity index (χ4n) is 1.34. The molecule has 2 rings (SSSR count). The summed E-state index contributed by atoms with van der Waals surface area (Å²) in [4.78, 5) is 2.32. The molecule has 76 valence electrons. The van der Waals surface area contributed by atoms with Crippen LogP contribution in [0.4, 0.5) is 5.69 Å². The molecule has 2 N–H and O–H groups in total. The fraction of sp³-hybridized carbons (Fsp3) is 0.571. The van der Waals surface area contributed by atoms with Gasteiger partial charge in [0.25, 0.3) is 0 Å². The molecule has 1 aliphatic rings. The Morgan fingerprint density at radius 2 is 1.92 bits per heavy atom. The third-order valence-electron chi connectivity index (χ3n) is 1.97. The minimum Gasteiger partial charge on any atom is -0.366 e. The predicted molar refractivity (Wildman–Crippen MR) is 58.2 cm³/mol. The summed E-state index contributed by atoms with van der Waals surface area (Å²) in [6, 6.07) is 0. The second-order valence-electron chi connectivity index (χ2n) is 2.69. The number of anilines is 1. The van der Waals surface area contributed by atoms with Gasteiger partial charge in [0.2, 0.25) is 0 Å². The van der Waals surface area contributed by atoms with Gasteiger partial charge in [0.1, 0.15) is 0 Å². The van der Waals surface area contributed by atoms with Crippen molar-refractivity contribution in [3.63, 3.8) is 0 Å². The highest BCUT2D eigenvalue weighted by molar-refractivity contribution is 5.85. The molecular formula is C7H14Cl2N4. The molecule has 1 aromatic rings. The van der Waals surface area contributed by atoms with Gasteiger partial charge in [-0.05, 0) is 0 Å². The van der Waals surface area contributed by atoms with Crippen molar-refractivity contribution in [1.82, 2.24) is 15.5 Å². The molecule has 0 spiro atoms. The summed E-state index contributed by atoms with van der Waals surface area (Å²) in [5, 5.41) is 10.0. The van der Waals surface area contributed by atoms with E-state index in [4.69, 9.17) is 0 Å². The van der Waals surface area contributed by atoms with Gasteiger partial charge in [0.15, 0.2) is 0 Å². The molecule has 13 heavy (non-hydrogen) atoms. The van der Waals surface area contributed by atoms with Crippen LogP contribution in [0.1, 0.15) is 0 Å². The van der Waals surface area contributed by atoms with E-state index in [0.717, 1.165) is 26.2 Å². The molecule has 1 aromatic heterocycles. The van der Waals surface area contributed by atoms with Crippen molar-refractivity contribution in [3.8, 4) is 0 Å². The number of hydrogen-bond donors (Lipinski definition) is 2. The third kappa shape index (κ3) is 3.06. The summed E-state index contributed by atoms with van der Waals surface area (Å²) in [5.41, 5.74) is 1.20. The second kappa shape index (κ2) is 6.07. The van der Waals surface area contributed by atoms with Crippen LogP contribution in [0.5, 0.6) is 0 Å². The summed E-state index contributed by atoms with van der Waals surface area (Å²) in [6.45, 7) is 4.31. The van der Waals surface area contributed by atoms with Crippen molar-refractivity contribution < 1.29 is 0 Å². The third-order valence-corrected chi connectivity index (χ3v) is 1.97. The Morgan fingerprint density at radius 3 is 2.46 bits per heavy atom. The van der Waals surface area contributed by atoms with Crippen molar-refractivity contribution in [2.75, 3.05) is 31.1 Å². The zero-order chi connectivity index (χ0) is 7.52. The molecule has 0 bridgehead atoms. The first-order valence-corrected chi connectivity index (χ1v) is 3.91. The Kier molecular flexibility index (Phi) is 5.86. The molecule has 0 atom stereocenters. The predicted octanol–water partition coefficient (Wildman–Crippen LogP) is 0.663. The van der Waals surface area contributed by atoms with E-state index >= 15 is 0 Å². The standard InChI is InChI=1S/C7H12N4.2ClH/c1-3-11(4-2-8-1)7-5-9-10-6-7;;/h5-6,8H,1-4H2,(H,9,10);2*1H. The highest BCUT2D eigenvalue weighted by atomic mass is 35.5. The molecule has 0 aliphatic carbocycles. The summed E-state index contributed by atoms with van der Waals surface area (Å²) < 4.78 is 0. The zero-order valence-electron chi connectivity index (χ0n) is 7.19. The van der Waals surface area contributed by atoms with Crippen molar-refractivity contribution in [2.24, 2.45) is 0 Å². The lowest BCUT2D eigenvalue weighted by Crippen LogP contribution is -2.43. The summed E-state index contributed by atoms with van der Waals surface area (Å²) in [5.74, 6) is 0. The number of aromatic amines is 1. The molecule has 0 saturated carbocycles. The molecule has 1 fully saturated rings. The number of nitrogens with zero attached hydrogens (tertiary/aromatic N) is 2. The van der Waals surface area contributed by atoms with Gasteiger partial charge < -0.3 is 10.2 Å². The second-order valence-corrected chi connectivity index (χ2v) is 2.69. The van der Waals surface area contributed by atoms with Crippen molar-refractivity contribution in [2.45, 2.75) is 0 Å². The minimum absolute atomic E-state index is 0. The molecule has 0 amide bonds. The van der Waals surface area contributed by atoms with Crippen LogP contribution in [-0.2, 0) is 0 Å². The van der Waals surface area contributed by atoms with E-state index in [9.17, 15) is 0 Å². The number of aromatic nitrogens is 2. The highest BCUT2D eigenvalue weighted by Crippen LogP contribution is 2.10. The highest BCUT2D eigenvalue weighted by Gasteiger charge is 2.09. The van der Waals surface area contributed by atoms with Gasteiger partial charge in [-0.25, -0.2) is 0 Å². The largest absolute Gasteiger partial charge is 0.366 e. The molecule has 0 aromatic carbocycles. The maximum absolute atomic E-state index is 3.91. The molecule has 0 radical (unpaired) electrons. The topological polar surface area (TPSA) is 44.0 Å². The first-order chi connectivity index (χ1) is 5.47. The number of halogens is 2. The maximum Gasteiger partial charge on any atom is 0.0750 e. The van der Waals surface area contributed by atoms with Gasteiger partial charge in [-0.3, -0.25) is 5.10 Å². The van der Waals surface area contributed by atoms with Gasteiger partial charge >= 0.3 is 0 Å². The number of hydrogen-bond acceptors (Lipinski definition) is 3. The first kappa shape index (κ1) is 12.6. The van der Waals surface area contributed by atoms with Crippen LogP contribution in [0.3, 0.4) is 0 Å². The first-order valence-electron chi connectivity index (χ1n) is 3.91. The molecule has 1 aliphatic heterocycles. The van der Waals surface area contributed by atoms with Crippen molar-refractivity contribution in [3.05, 3.63) is 12.4 Å². The lowest BCUT2D eigenvalue weighted by molar-refractivity contribution is 0.589. The van der Waals surface area contributed by atoms with Crippen LogP contribution in [0, 0.1) is 0 Å². The Hall–Kier alpha value is -0.450. The number of H-pyrrole nitrogens is 1. The monoisotopic (exact) mass is 224 g/mol. The molecule has 4 nitrogen and oxygen atoms in total. The summed E-state index contributed by atoms with van der Waals surface area (Å²) in [6.07, 6.45) is 3.80. The zero-order valence-corrected chi connectivity index (χ0v) is 8.83. The van der Waals surface area contributed by atoms with E-state index < -0.39 is 0 Å². The van der Waals surface area contributed by atoms with Gasteiger partial charge in [0.05, 0.1) is 11.9 Å². The smallest absolute Gasteiger partial charge is 0.0750 e. The van der Waals surface area contributed by atoms with E-state index in [0.29, 0.717) is 0 Å². The van der Waals surface area contributed by atoms with Crippen LogP contribution in [0.2, 0.25) is 0 Å². The molecule has 6 heteroatoms. The van der Waals surface area contributed by atoms with Crippen molar-refractivity contribution in [1.29, 1.82) is 0 Å². The SMILES string of the molecule is Cl.Cl.c1n[nH]cc1N1CCNCC1. The van der Waals surface area contributed by atoms with Crippen molar-refractivity contribution >= 4 is 30.5 Å². The van der Waals surface area contributed by atoms with E-state index in [2.05, 4.69) is 20.4 Å². The summed E-state index contributed by atoms with van der Waals surface area (Å²) >= 11 is 0. The quantitative estimate of drug-likeness (QED) is 0.738. The van der Waals surface area contributed by atoms with Crippen LogP contribution in [0.15, 0.2) is 12.4 Å². The lowest BCUT2D eigenvalue weighted by Gasteiger charge is -2.27. The van der Waals surface area contributed by atoms with Gasteiger partial charge in [0, 0.05) is 32.4 Å². The van der Waals surface area contributed by atoms with Crippen LogP contribution < -0.4 is 10.2 Å². The number of nitrogens with one attached hydrogen (secondary N) is 2. The Balaban J connectivity index is 0.000000720. The molecule has 0 unspecified atom stereocenters. The Morgan fingerprint density at radius 1 is 1.23 bits per heavy atom. The number of piperazine rings is 1. The van der Waals surface area contributed by atoms with Gasteiger partial charge in [-0.2, -0.15) is 5.10 Å². The van der Waals surface area contributed by atoms with E-state index in [1.54, 1.807) is 0 Å². The summed E-state index contributed by atoms with van der Waals surface area (Å²) in [7, 11) is 0. The fourth-order valence-corrected chi connectivity index (χ4v) is 1.34. The van der Waals surface area contributed by atoms with E-state index in [-0.39, 0.29) is 24.8 Å². The van der Waals surface area contributed by atoms with E-state index in [1.165, 1.54) is 5.69 Å². The average molecular weight is 225 g/mol. The maximum atomic E-state index is 3.91. The Labute approximate surface area is 89.9 Å². The average Bonchev–Trinajstić information content (AvgIpc) is 2.58. The van der Waals surface area contributed by atoms with Gasteiger partial charge in [-0.1, -0.05) is 0 Å². The van der Waals surface area contributed by atoms with Crippen LogP contribution >= 0.6 is 24.8 Å².